The van der Waals surface area contributed by atoms with Crippen LogP contribution in [-0.2, 0) is 11.2 Å². The van der Waals surface area contributed by atoms with Gasteiger partial charge in [0.25, 0.3) is 0 Å². The van der Waals surface area contributed by atoms with Crippen molar-refractivity contribution in [2.45, 2.75) is 51.9 Å². The minimum absolute atomic E-state index is 0.202. The Kier molecular flexibility index (Phi) is 10.2. The van der Waals surface area contributed by atoms with Gasteiger partial charge in [-0.1, -0.05) is 30.3 Å². The summed E-state index contributed by atoms with van der Waals surface area (Å²) in [6.45, 7) is 8.78. The van der Waals surface area contributed by atoms with Crippen molar-refractivity contribution in [3.8, 4) is 0 Å². The number of unbranched alkanes of at least 4 members (excludes halogenated alkanes) is 1. The molecule has 0 unspecified atom stereocenters. The molecule has 0 aromatic heterocycles. The molecule has 2 fully saturated rings. The number of carbonyl (C=O) groups excluding carboxylic acids is 1. The van der Waals surface area contributed by atoms with Crippen molar-refractivity contribution < 1.29 is 4.79 Å². The maximum atomic E-state index is 11.7. The smallest absolute Gasteiger partial charge is 0.223 e. The normalized spacial score (nSPS) is 18.0. The second kappa shape index (κ2) is 13.4. The average molecular weight is 428 g/mol. The van der Waals surface area contributed by atoms with Crippen LogP contribution in [0.2, 0.25) is 0 Å². The monoisotopic (exact) mass is 427 g/mol. The topological polar surface area (TPSA) is 68.8 Å². The summed E-state index contributed by atoms with van der Waals surface area (Å²) in [6.07, 6.45) is 8.28. The van der Waals surface area contributed by atoms with Crippen LogP contribution in [0.25, 0.3) is 0 Å². The van der Waals surface area contributed by atoms with Gasteiger partial charge in [-0.15, -0.1) is 0 Å². The fourth-order valence-corrected chi connectivity index (χ4v) is 4.20. The number of rotatable bonds is 12. The Morgan fingerprint density at radius 3 is 2.45 bits per heavy atom. The predicted octanol–water partition coefficient (Wildman–Crippen LogP) is 2.80. The largest absolute Gasteiger partial charge is 0.357 e. The number of benzene rings is 1. The third kappa shape index (κ3) is 9.30. The summed E-state index contributed by atoms with van der Waals surface area (Å²) in [7, 11) is 0. The molecule has 1 aromatic carbocycles. The first-order valence-electron chi connectivity index (χ1n) is 12.3. The fraction of sp³-hybridized carbons (Fsp3) is 0.680. The first kappa shape index (κ1) is 23.6. The predicted molar refractivity (Wildman–Crippen MR) is 128 cm³/mol. The molecular formula is C25H41N5O. The van der Waals surface area contributed by atoms with Gasteiger partial charge in [-0.05, 0) is 83.0 Å². The zero-order valence-electron chi connectivity index (χ0n) is 19.2. The van der Waals surface area contributed by atoms with Crippen LogP contribution in [0, 0.1) is 11.8 Å². The zero-order valence-corrected chi connectivity index (χ0v) is 19.2. The van der Waals surface area contributed by atoms with Crippen molar-refractivity contribution in [2.75, 3.05) is 45.8 Å². The zero-order chi connectivity index (χ0) is 21.7. The van der Waals surface area contributed by atoms with E-state index in [-0.39, 0.29) is 11.8 Å². The van der Waals surface area contributed by atoms with Gasteiger partial charge in [0, 0.05) is 32.1 Å². The average Bonchev–Trinajstić information content (AvgIpc) is 3.64. The van der Waals surface area contributed by atoms with E-state index in [4.69, 9.17) is 0 Å². The SMILES string of the molecule is CCNC(=NCCCCN1CCC(Cc2ccccc2)CC1)NCCNC(=O)C1CC1. The third-order valence-corrected chi connectivity index (χ3v) is 6.24. The summed E-state index contributed by atoms with van der Waals surface area (Å²) in [5.41, 5.74) is 1.48. The van der Waals surface area contributed by atoms with Gasteiger partial charge in [-0.2, -0.15) is 0 Å². The molecule has 1 aromatic rings. The van der Waals surface area contributed by atoms with Crippen molar-refractivity contribution in [3.63, 3.8) is 0 Å². The third-order valence-electron chi connectivity index (χ3n) is 6.24. The highest BCUT2D eigenvalue weighted by Crippen LogP contribution is 2.28. The lowest BCUT2D eigenvalue weighted by atomic mass is 9.90. The van der Waals surface area contributed by atoms with Crippen LogP contribution >= 0.6 is 0 Å². The number of amides is 1. The maximum absolute atomic E-state index is 11.7. The van der Waals surface area contributed by atoms with Crippen LogP contribution in [0.15, 0.2) is 35.3 Å². The molecule has 1 aliphatic heterocycles. The van der Waals surface area contributed by atoms with Crippen LogP contribution in [0.5, 0.6) is 0 Å². The molecule has 3 rings (SSSR count). The standard InChI is InChI=1S/C25H41N5O/c1-2-26-25(29-16-15-27-24(31)23-10-11-23)28-14-6-7-17-30-18-12-22(13-19-30)20-21-8-4-3-5-9-21/h3-5,8-9,22-23H,2,6-7,10-20H2,1H3,(H,27,31)(H2,26,28,29). The molecule has 0 radical (unpaired) electrons. The quantitative estimate of drug-likeness (QED) is 0.273. The van der Waals surface area contributed by atoms with E-state index in [9.17, 15) is 4.79 Å². The number of carbonyl (C=O) groups is 1. The van der Waals surface area contributed by atoms with Gasteiger partial charge in [-0.3, -0.25) is 9.79 Å². The van der Waals surface area contributed by atoms with Gasteiger partial charge < -0.3 is 20.9 Å². The van der Waals surface area contributed by atoms with Crippen LogP contribution in [0.3, 0.4) is 0 Å². The first-order chi connectivity index (χ1) is 15.2. The van der Waals surface area contributed by atoms with E-state index in [0.717, 1.165) is 44.2 Å². The van der Waals surface area contributed by atoms with Crippen molar-refractivity contribution in [3.05, 3.63) is 35.9 Å². The Bertz CT molecular complexity index is 666. The fourth-order valence-electron chi connectivity index (χ4n) is 4.20. The van der Waals surface area contributed by atoms with E-state index < -0.39 is 0 Å². The summed E-state index contributed by atoms with van der Waals surface area (Å²) in [6, 6.07) is 10.9. The minimum Gasteiger partial charge on any atom is -0.357 e. The first-order valence-corrected chi connectivity index (χ1v) is 12.3. The van der Waals surface area contributed by atoms with E-state index in [1.807, 2.05) is 0 Å². The summed E-state index contributed by atoms with van der Waals surface area (Å²) in [5.74, 6) is 2.17. The minimum atomic E-state index is 0.202. The molecule has 3 N–H and O–H groups in total. The second-order valence-corrected chi connectivity index (χ2v) is 8.93. The highest BCUT2D eigenvalue weighted by Gasteiger charge is 2.28. The van der Waals surface area contributed by atoms with Gasteiger partial charge in [0.15, 0.2) is 5.96 Å². The lowest BCUT2D eigenvalue weighted by Crippen LogP contribution is -2.41. The number of hydrogen-bond acceptors (Lipinski definition) is 3. The number of nitrogens with zero attached hydrogens (tertiary/aromatic N) is 2. The highest BCUT2D eigenvalue weighted by molar-refractivity contribution is 5.81. The molecule has 0 bridgehead atoms. The van der Waals surface area contributed by atoms with E-state index >= 15 is 0 Å². The molecule has 1 heterocycles. The van der Waals surface area contributed by atoms with Gasteiger partial charge >= 0.3 is 0 Å². The van der Waals surface area contributed by atoms with Crippen molar-refractivity contribution in [1.29, 1.82) is 0 Å². The van der Waals surface area contributed by atoms with Crippen LogP contribution in [0.1, 0.15) is 51.0 Å². The second-order valence-electron chi connectivity index (χ2n) is 8.93. The Hall–Kier alpha value is -2.08. The number of aliphatic imine (C=N–C) groups is 1. The van der Waals surface area contributed by atoms with E-state index in [0.29, 0.717) is 13.1 Å². The van der Waals surface area contributed by atoms with Gasteiger partial charge in [-0.25, -0.2) is 0 Å². The molecule has 1 saturated heterocycles. The Balaban J connectivity index is 1.23. The van der Waals surface area contributed by atoms with Gasteiger partial charge in [0.1, 0.15) is 0 Å². The molecule has 1 saturated carbocycles. The Morgan fingerprint density at radius 1 is 1.00 bits per heavy atom. The van der Waals surface area contributed by atoms with E-state index in [2.05, 4.69) is 63.1 Å². The lowest BCUT2D eigenvalue weighted by Gasteiger charge is -2.32. The van der Waals surface area contributed by atoms with Gasteiger partial charge in [0.05, 0.1) is 0 Å². The van der Waals surface area contributed by atoms with Crippen molar-refractivity contribution >= 4 is 11.9 Å². The molecule has 0 atom stereocenters. The van der Waals surface area contributed by atoms with Crippen LogP contribution in [0.4, 0.5) is 0 Å². The molecule has 172 valence electrons. The number of likely N-dealkylation sites (tertiary alicyclic amines) is 1. The lowest BCUT2D eigenvalue weighted by molar-refractivity contribution is -0.122. The van der Waals surface area contributed by atoms with Crippen LogP contribution < -0.4 is 16.0 Å². The van der Waals surface area contributed by atoms with Crippen molar-refractivity contribution in [1.82, 2.24) is 20.9 Å². The van der Waals surface area contributed by atoms with Crippen molar-refractivity contribution in [2.24, 2.45) is 16.8 Å². The van der Waals surface area contributed by atoms with E-state index in [1.54, 1.807) is 0 Å². The number of hydrogen-bond donors (Lipinski definition) is 3. The Morgan fingerprint density at radius 2 is 1.74 bits per heavy atom. The number of nitrogens with one attached hydrogen (secondary N) is 3. The summed E-state index contributed by atoms with van der Waals surface area (Å²) >= 11 is 0. The molecule has 0 spiro atoms. The maximum Gasteiger partial charge on any atom is 0.223 e. The summed E-state index contributed by atoms with van der Waals surface area (Å²) < 4.78 is 0. The molecule has 6 nitrogen and oxygen atoms in total. The number of piperidine rings is 1. The number of guanidine groups is 1. The Labute approximate surface area is 188 Å². The molecule has 6 heteroatoms. The summed E-state index contributed by atoms with van der Waals surface area (Å²) in [5, 5.41) is 9.58. The molecule has 2 aliphatic rings. The molecule has 31 heavy (non-hydrogen) atoms. The molecular weight excluding hydrogens is 386 g/mol. The summed E-state index contributed by atoms with van der Waals surface area (Å²) in [4.78, 5) is 19.0. The highest BCUT2D eigenvalue weighted by atomic mass is 16.2. The van der Waals surface area contributed by atoms with Crippen LogP contribution in [-0.4, -0.2) is 62.6 Å². The molecule has 1 aliphatic carbocycles. The molecule has 1 amide bonds. The van der Waals surface area contributed by atoms with E-state index in [1.165, 1.54) is 50.9 Å². The van der Waals surface area contributed by atoms with Gasteiger partial charge in [0.2, 0.25) is 5.91 Å².